The fraction of sp³-hybridized carbons (Fsp3) is 0.476. The van der Waals surface area contributed by atoms with E-state index in [1.54, 1.807) is 24.5 Å². The number of aromatic nitrogens is 4. The van der Waals surface area contributed by atoms with Crippen LogP contribution in [0, 0.1) is 0 Å². The fourth-order valence-electron chi connectivity index (χ4n) is 4.80. The van der Waals surface area contributed by atoms with Crippen molar-refractivity contribution in [3.63, 3.8) is 0 Å². The van der Waals surface area contributed by atoms with Gasteiger partial charge in [0, 0.05) is 30.9 Å². The van der Waals surface area contributed by atoms with Gasteiger partial charge in [0.25, 0.3) is 0 Å². The van der Waals surface area contributed by atoms with Crippen molar-refractivity contribution in [3.8, 4) is 0 Å². The molecule has 0 unspecified atom stereocenters. The van der Waals surface area contributed by atoms with Crippen LogP contribution in [0.1, 0.15) is 32.1 Å². The molecule has 32 heavy (non-hydrogen) atoms. The lowest BCUT2D eigenvalue weighted by molar-refractivity contribution is 0.216. The van der Waals surface area contributed by atoms with Crippen LogP contribution in [0.4, 0.5) is 23.1 Å². The van der Waals surface area contributed by atoms with Crippen LogP contribution in [0.25, 0.3) is 11.2 Å². The van der Waals surface area contributed by atoms with Gasteiger partial charge in [0.05, 0.1) is 18.3 Å². The van der Waals surface area contributed by atoms with Gasteiger partial charge in [-0.3, -0.25) is 4.72 Å². The highest BCUT2D eigenvalue weighted by atomic mass is 32.2. The van der Waals surface area contributed by atoms with Crippen molar-refractivity contribution in [2.45, 2.75) is 37.6 Å². The largest absolute Gasteiger partial charge is 0.351 e. The van der Waals surface area contributed by atoms with Crippen LogP contribution in [0.5, 0.6) is 0 Å². The summed E-state index contributed by atoms with van der Waals surface area (Å²) in [5.74, 6) is 1.25. The number of nitrogens with zero attached hydrogens (tertiary/aromatic N) is 4. The lowest BCUT2D eigenvalue weighted by Crippen LogP contribution is -2.61. The number of fused-ring (bicyclic) bond motifs is 1. The van der Waals surface area contributed by atoms with Gasteiger partial charge in [0.15, 0.2) is 17.0 Å². The summed E-state index contributed by atoms with van der Waals surface area (Å²) < 4.78 is 25.6. The third-order valence-electron chi connectivity index (χ3n) is 6.17. The molecule has 1 aromatic carbocycles. The second-order valence-corrected chi connectivity index (χ2v) is 10.5. The van der Waals surface area contributed by atoms with E-state index in [0.717, 1.165) is 37.2 Å². The molecule has 1 spiro atoms. The van der Waals surface area contributed by atoms with Gasteiger partial charge >= 0.3 is 0 Å². The first-order chi connectivity index (χ1) is 15.4. The quantitative estimate of drug-likeness (QED) is 0.461. The van der Waals surface area contributed by atoms with Crippen LogP contribution in [-0.4, -0.2) is 59.8 Å². The Kier molecular flexibility index (Phi) is 5.38. The van der Waals surface area contributed by atoms with Crippen molar-refractivity contribution in [3.05, 3.63) is 30.6 Å². The third kappa shape index (κ3) is 4.49. The van der Waals surface area contributed by atoms with E-state index in [2.05, 4.69) is 35.2 Å². The number of H-pyrrole nitrogens is 1. The summed E-state index contributed by atoms with van der Waals surface area (Å²) in [5, 5.41) is 6.99. The topological polar surface area (TPSA) is 128 Å². The summed E-state index contributed by atoms with van der Waals surface area (Å²) in [4.78, 5) is 19.3. The summed E-state index contributed by atoms with van der Waals surface area (Å²) in [5.41, 5.74) is 2.73. The average Bonchev–Trinajstić information content (AvgIpc) is 3.21. The molecule has 3 aromatic rings. The van der Waals surface area contributed by atoms with Crippen LogP contribution in [0.3, 0.4) is 0 Å². The van der Waals surface area contributed by atoms with Crippen molar-refractivity contribution in [1.82, 2.24) is 25.3 Å². The fourth-order valence-corrected chi connectivity index (χ4v) is 5.36. The molecular formula is C21H28N8O2S. The normalized spacial score (nSPS) is 18.7. The maximum Gasteiger partial charge on any atom is 0.231 e. The van der Waals surface area contributed by atoms with E-state index in [1.807, 2.05) is 6.07 Å². The number of benzene rings is 1. The summed E-state index contributed by atoms with van der Waals surface area (Å²) in [6.45, 7) is 2.67. The number of imidazole rings is 1. The van der Waals surface area contributed by atoms with E-state index in [9.17, 15) is 8.42 Å². The Morgan fingerprint density at radius 1 is 1.12 bits per heavy atom. The number of piperazine rings is 1. The van der Waals surface area contributed by atoms with Crippen LogP contribution in [0.2, 0.25) is 0 Å². The SMILES string of the molecule is CS(=O)(=O)Nc1cccc(Nc2nc(N3CCNC4(CCCCC4)C3)c3nc[nH]c3n2)c1. The molecule has 0 atom stereocenters. The maximum absolute atomic E-state index is 11.6. The average molecular weight is 457 g/mol. The Hall–Kier alpha value is -2.92. The Balaban J connectivity index is 1.44. The Labute approximate surface area is 187 Å². The number of hydrogen-bond acceptors (Lipinski definition) is 8. The van der Waals surface area contributed by atoms with Gasteiger partial charge in [-0.1, -0.05) is 25.3 Å². The minimum absolute atomic E-state index is 0.142. The van der Waals surface area contributed by atoms with Crippen molar-refractivity contribution >= 4 is 44.3 Å². The molecule has 0 bridgehead atoms. The second kappa shape index (κ2) is 8.21. The van der Waals surface area contributed by atoms with Crippen LogP contribution >= 0.6 is 0 Å². The zero-order chi connectivity index (χ0) is 22.2. The van der Waals surface area contributed by atoms with E-state index in [0.29, 0.717) is 23.0 Å². The smallest absolute Gasteiger partial charge is 0.231 e. The Morgan fingerprint density at radius 2 is 1.94 bits per heavy atom. The molecule has 11 heteroatoms. The highest BCUT2D eigenvalue weighted by molar-refractivity contribution is 7.92. The van der Waals surface area contributed by atoms with Crippen molar-refractivity contribution in [1.29, 1.82) is 0 Å². The molecule has 0 amide bonds. The van der Waals surface area contributed by atoms with Crippen LogP contribution < -0.4 is 20.3 Å². The molecule has 4 N–H and O–H groups in total. The Bertz CT molecular complexity index is 1210. The van der Waals surface area contributed by atoms with Gasteiger partial charge in [-0.2, -0.15) is 9.97 Å². The molecule has 10 nitrogen and oxygen atoms in total. The first-order valence-corrected chi connectivity index (χ1v) is 12.8. The number of aromatic amines is 1. The van der Waals surface area contributed by atoms with Gasteiger partial charge in [0.1, 0.15) is 0 Å². The molecule has 1 saturated carbocycles. The van der Waals surface area contributed by atoms with E-state index in [4.69, 9.17) is 4.98 Å². The molecule has 1 saturated heterocycles. The lowest BCUT2D eigenvalue weighted by atomic mass is 9.80. The van der Waals surface area contributed by atoms with Gasteiger partial charge in [0.2, 0.25) is 16.0 Å². The summed E-state index contributed by atoms with van der Waals surface area (Å²) in [6.07, 6.45) is 8.96. The van der Waals surface area contributed by atoms with Crippen molar-refractivity contribution in [2.24, 2.45) is 0 Å². The number of rotatable bonds is 5. The first-order valence-electron chi connectivity index (χ1n) is 11.0. The molecule has 3 heterocycles. The highest BCUT2D eigenvalue weighted by Crippen LogP contribution is 2.34. The first kappa shape index (κ1) is 21.0. The number of nitrogens with one attached hydrogen (secondary N) is 4. The summed E-state index contributed by atoms with van der Waals surface area (Å²) in [7, 11) is -3.36. The standard InChI is InChI=1S/C21H28N8O2S/c1-32(30,31)28-16-7-5-6-15(12-16)25-20-26-18-17(22-14-23-18)19(27-20)29-11-10-24-21(13-29)8-3-2-4-9-21/h5-7,12,14,24,28H,2-4,8-11,13H2,1H3,(H2,22,23,25,26,27). The van der Waals surface area contributed by atoms with Gasteiger partial charge in [-0.15, -0.1) is 0 Å². The summed E-state index contributed by atoms with van der Waals surface area (Å²) >= 11 is 0. The van der Waals surface area contributed by atoms with Crippen molar-refractivity contribution < 1.29 is 8.42 Å². The predicted octanol–water partition coefficient (Wildman–Crippen LogP) is 2.58. The van der Waals surface area contributed by atoms with Crippen molar-refractivity contribution in [2.75, 3.05) is 40.8 Å². The zero-order valence-electron chi connectivity index (χ0n) is 18.1. The minimum atomic E-state index is -3.36. The van der Waals surface area contributed by atoms with E-state index in [1.165, 1.54) is 32.1 Å². The molecule has 2 fully saturated rings. The summed E-state index contributed by atoms with van der Waals surface area (Å²) in [6, 6.07) is 7.02. The molecule has 0 radical (unpaired) electrons. The zero-order valence-corrected chi connectivity index (χ0v) is 18.9. The molecule has 5 rings (SSSR count). The van der Waals surface area contributed by atoms with E-state index in [-0.39, 0.29) is 5.54 Å². The number of sulfonamides is 1. The van der Waals surface area contributed by atoms with Crippen LogP contribution in [-0.2, 0) is 10.0 Å². The van der Waals surface area contributed by atoms with Gasteiger partial charge in [-0.25, -0.2) is 13.4 Å². The third-order valence-corrected chi connectivity index (χ3v) is 6.77. The molecule has 1 aliphatic heterocycles. The molecule has 170 valence electrons. The Morgan fingerprint density at radius 3 is 2.75 bits per heavy atom. The minimum Gasteiger partial charge on any atom is -0.351 e. The number of hydrogen-bond donors (Lipinski definition) is 4. The van der Waals surface area contributed by atoms with E-state index < -0.39 is 10.0 Å². The number of anilines is 4. The van der Waals surface area contributed by atoms with Gasteiger partial charge in [-0.05, 0) is 31.0 Å². The molecular weight excluding hydrogens is 428 g/mol. The molecule has 1 aliphatic carbocycles. The highest BCUT2D eigenvalue weighted by Gasteiger charge is 2.37. The van der Waals surface area contributed by atoms with E-state index >= 15 is 0 Å². The monoisotopic (exact) mass is 456 g/mol. The molecule has 2 aliphatic rings. The predicted molar refractivity (Wildman–Crippen MR) is 126 cm³/mol. The maximum atomic E-state index is 11.6. The molecule has 2 aromatic heterocycles. The second-order valence-electron chi connectivity index (χ2n) is 8.74. The van der Waals surface area contributed by atoms with Gasteiger partial charge < -0.3 is 20.5 Å². The van der Waals surface area contributed by atoms with Crippen LogP contribution in [0.15, 0.2) is 30.6 Å². The lowest BCUT2D eigenvalue weighted by Gasteiger charge is -2.46.